The van der Waals surface area contributed by atoms with Crippen LogP contribution in [0.15, 0.2) is 6.07 Å². The SMILES string of the molecule is COc1c2c(c(O)c3c4c(c(C)cc13)[C@@H]1O[C@@]3(C(C)C)O[C@H]1[C@](C)(O4)[C@]31CO1)C(=O)[C@@H](C)C[C@@H]2O. The maximum atomic E-state index is 13.2. The van der Waals surface area contributed by atoms with Gasteiger partial charge in [-0.25, -0.2) is 0 Å². The Labute approximate surface area is 203 Å². The van der Waals surface area contributed by atoms with Gasteiger partial charge in [0.25, 0.3) is 0 Å². The second-order valence-electron chi connectivity index (χ2n) is 11.3. The minimum atomic E-state index is -0.921. The number of ether oxygens (including phenoxy) is 5. The fraction of sp³-hybridized carbons (Fsp3) is 0.593. The number of hydrogen-bond donors (Lipinski definition) is 2. The van der Waals surface area contributed by atoms with Gasteiger partial charge in [0.1, 0.15) is 29.5 Å². The van der Waals surface area contributed by atoms with Crippen LogP contribution in [0.25, 0.3) is 10.8 Å². The van der Waals surface area contributed by atoms with Crippen LogP contribution >= 0.6 is 0 Å². The topological polar surface area (TPSA) is 107 Å². The standard InChI is InChI=1S/C27H30O8/c1-10(2)27-26(9-32-26)25(5)24(35-27)23(34-27)15-11(3)7-13-16(22(15)33-25)20(30)18-17(21(13)31-6)14(28)8-12(4)19(18)29/h7,10,12,14,23-24,28,30H,8-9H2,1-6H3/t12-,14-,23-,24+,25-,26+,27-/m0/s1. The van der Waals surface area contributed by atoms with Crippen molar-refractivity contribution in [3.8, 4) is 17.2 Å². The van der Waals surface area contributed by atoms with Gasteiger partial charge < -0.3 is 33.9 Å². The zero-order valence-electron chi connectivity index (χ0n) is 20.7. The van der Waals surface area contributed by atoms with Crippen LogP contribution in [0.2, 0.25) is 0 Å². The second kappa shape index (κ2) is 6.29. The summed E-state index contributed by atoms with van der Waals surface area (Å²) in [5.41, 5.74) is 0.534. The van der Waals surface area contributed by atoms with Gasteiger partial charge in [-0.1, -0.05) is 20.8 Å². The van der Waals surface area contributed by atoms with Crippen molar-refractivity contribution in [3.05, 3.63) is 28.3 Å². The van der Waals surface area contributed by atoms with Crippen LogP contribution < -0.4 is 9.47 Å². The molecule has 8 heteroatoms. The third-order valence-electron chi connectivity index (χ3n) is 9.15. The molecular weight excluding hydrogens is 452 g/mol. The van der Waals surface area contributed by atoms with Crippen molar-refractivity contribution < 1.29 is 38.7 Å². The summed E-state index contributed by atoms with van der Waals surface area (Å²) in [5.74, 6) is -0.879. The first-order chi connectivity index (χ1) is 16.5. The van der Waals surface area contributed by atoms with Crippen molar-refractivity contribution in [2.24, 2.45) is 11.8 Å². The van der Waals surface area contributed by atoms with E-state index in [2.05, 4.69) is 13.8 Å². The number of Topliss-reactive ketones (excluding diaryl/α,β-unsaturated/α-hetero) is 1. The molecule has 2 aromatic carbocycles. The molecule has 186 valence electrons. The molecule has 8 nitrogen and oxygen atoms in total. The van der Waals surface area contributed by atoms with Crippen molar-refractivity contribution in [3.63, 3.8) is 0 Å². The molecule has 2 aromatic rings. The maximum absolute atomic E-state index is 13.2. The zero-order valence-corrected chi connectivity index (χ0v) is 20.7. The Bertz CT molecular complexity index is 1340. The lowest BCUT2D eigenvalue weighted by molar-refractivity contribution is -0.242. The van der Waals surface area contributed by atoms with Crippen LogP contribution in [0.1, 0.15) is 73.4 Å². The Morgan fingerprint density at radius 3 is 2.57 bits per heavy atom. The van der Waals surface area contributed by atoms with Gasteiger partial charge in [-0.05, 0) is 31.9 Å². The Morgan fingerprint density at radius 1 is 1.23 bits per heavy atom. The fourth-order valence-electron chi connectivity index (χ4n) is 7.34. The van der Waals surface area contributed by atoms with E-state index in [4.69, 9.17) is 23.7 Å². The molecule has 2 bridgehead atoms. The number of phenolic OH excluding ortho intramolecular Hbond substituents is 1. The number of epoxide rings is 1. The third-order valence-corrected chi connectivity index (χ3v) is 9.15. The summed E-state index contributed by atoms with van der Waals surface area (Å²) in [5, 5.41) is 23.5. The molecule has 1 spiro atoms. The number of fused-ring (bicyclic) bond motifs is 8. The largest absolute Gasteiger partial charge is 0.506 e. The quantitative estimate of drug-likeness (QED) is 0.622. The van der Waals surface area contributed by atoms with E-state index >= 15 is 0 Å². The summed E-state index contributed by atoms with van der Waals surface area (Å²) in [6.07, 6.45) is -1.43. The van der Waals surface area contributed by atoms with Crippen molar-refractivity contribution in [1.29, 1.82) is 0 Å². The first-order valence-electron chi connectivity index (χ1n) is 12.3. The number of hydrogen-bond acceptors (Lipinski definition) is 8. The minimum absolute atomic E-state index is 0.0337. The predicted molar refractivity (Wildman–Crippen MR) is 124 cm³/mol. The van der Waals surface area contributed by atoms with E-state index in [0.717, 1.165) is 11.1 Å². The Hall–Kier alpha value is -2.39. The van der Waals surface area contributed by atoms with Crippen molar-refractivity contribution in [2.45, 2.75) is 76.3 Å². The van der Waals surface area contributed by atoms with Crippen LogP contribution in [0.3, 0.4) is 0 Å². The normalized spacial score (nSPS) is 40.3. The fourth-order valence-corrected chi connectivity index (χ4v) is 7.34. The van der Waals surface area contributed by atoms with Gasteiger partial charge in [0.05, 0.1) is 30.8 Å². The number of aliphatic hydroxyl groups is 1. The molecule has 0 radical (unpaired) electrons. The molecule has 0 aromatic heterocycles. The highest BCUT2D eigenvalue weighted by Gasteiger charge is 2.88. The molecule has 2 N–H and O–H groups in total. The second-order valence-corrected chi connectivity index (χ2v) is 11.3. The van der Waals surface area contributed by atoms with Crippen molar-refractivity contribution in [1.82, 2.24) is 0 Å². The number of aromatic hydroxyl groups is 1. The monoisotopic (exact) mass is 482 g/mol. The van der Waals surface area contributed by atoms with Gasteiger partial charge in [-0.2, -0.15) is 0 Å². The number of carbonyl (C=O) groups excluding carboxylic acids is 1. The predicted octanol–water partition coefficient (Wildman–Crippen LogP) is 3.86. The van der Waals surface area contributed by atoms with E-state index in [1.165, 1.54) is 7.11 Å². The van der Waals surface area contributed by atoms with Crippen LogP contribution in [-0.4, -0.2) is 52.8 Å². The van der Waals surface area contributed by atoms with Gasteiger partial charge in [0, 0.05) is 28.3 Å². The number of aliphatic hydroxyl groups excluding tert-OH is 1. The Balaban J connectivity index is 1.56. The molecule has 7 rings (SSSR count). The van der Waals surface area contributed by atoms with Crippen LogP contribution in [0, 0.1) is 18.8 Å². The highest BCUT2D eigenvalue weighted by atomic mass is 16.8. The van der Waals surface area contributed by atoms with E-state index in [0.29, 0.717) is 34.4 Å². The van der Waals surface area contributed by atoms with E-state index < -0.39 is 35.1 Å². The summed E-state index contributed by atoms with van der Waals surface area (Å²) < 4.78 is 31.9. The highest BCUT2D eigenvalue weighted by Crippen LogP contribution is 2.72. The number of methoxy groups -OCH3 is 1. The van der Waals surface area contributed by atoms with Crippen LogP contribution in [-0.2, 0) is 14.2 Å². The molecule has 5 aliphatic rings. The van der Waals surface area contributed by atoms with E-state index in [1.54, 1.807) is 6.92 Å². The van der Waals surface area contributed by atoms with Crippen molar-refractivity contribution in [2.75, 3.05) is 13.7 Å². The molecule has 4 heterocycles. The summed E-state index contributed by atoms with van der Waals surface area (Å²) in [7, 11) is 1.51. The Kier molecular flexibility index (Phi) is 3.93. The molecule has 3 fully saturated rings. The number of ketones is 1. The highest BCUT2D eigenvalue weighted by molar-refractivity contribution is 6.12. The molecular formula is C27H30O8. The average Bonchev–Trinajstić information content (AvgIpc) is 3.46. The van der Waals surface area contributed by atoms with Crippen molar-refractivity contribution >= 4 is 16.6 Å². The molecule has 0 saturated carbocycles. The molecule has 3 saturated heterocycles. The lowest BCUT2D eigenvalue weighted by Crippen LogP contribution is -2.65. The van der Waals surface area contributed by atoms with Gasteiger partial charge in [0.2, 0.25) is 5.79 Å². The lowest BCUT2D eigenvalue weighted by atomic mass is 9.71. The lowest BCUT2D eigenvalue weighted by Gasteiger charge is -2.49. The summed E-state index contributed by atoms with van der Waals surface area (Å²) in [4.78, 5) is 13.2. The number of rotatable bonds is 2. The van der Waals surface area contributed by atoms with E-state index in [9.17, 15) is 15.0 Å². The first kappa shape index (κ1) is 21.9. The van der Waals surface area contributed by atoms with Gasteiger partial charge in [-0.15, -0.1) is 0 Å². The molecule has 0 unspecified atom stereocenters. The molecule has 0 amide bonds. The van der Waals surface area contributed by atoms with Gasteiger partial charge in [-0.3, -0.25) is 4.79 Å². The van der Waals surface area contributed by atoms with E-state index in [-0.39, 0.29) is 35.5 Å². The Morgan fingerprint density at radius 2 is 1.94 bits per heavy atom. The first-order valence-corrected chi connectivity index (χ1v) is 12.3. The van der Waals surface area contributed by atoms with Crippen LogP contribution in [0.4, 0.5) is 0 Å². The molecule has 4 aliphatic heterocycles. The number of benzene rings is 2. The number of phenols is 1. The number of aryl methyl sites for hydroxylation is 1. The van der Waals surface area contributed by atoms with Gasteiger partial charge in [0.15, 0.2) is 17.0 Å². The molecule has 7 atom stereocenters. The third kappa shape index (κ3) is 2.15. The van der Waals surface area contributed by atoms with Crippen LogP contribution in [0.5, 0.6) is 17.2 Å². The molecule has 35 heavy (non-hydrogen) atoms. The summed E-state index contributed by atoms with van der Waals surface area (Å²) in [6.45, 7) is 10.3. The zero-order chi connectivity index (χ0) is 24.8. The average molecular weight is 483 g/mol. The minimum Gasteiger partial charge on any atom is -0.506 e. The smallest absolute Gasteiger partial charge is 0.207 e. The number of carbonyl (C=O) groups is 1. The van der Waals surface area contributed by atoms with E-state index in [1.807, 2.05) is 19.9 Å². The summed E-state index contributed by atoms with van der Waals surface area (Å²) in [6, 6.07) is 1.91. The maximum Gasteiger partial charge on any atom is 0.207 e. The molecule has 1 aliphatic carbocycles. The van der Waals surface area contributed by atoms with Gasteiger partial charge >= 0.3 is 0 Å². The summed E-state index contributed by atoms with van der Waals surface area (Å²) >= 11 is 0.